The first-order chi connectivity index (χ1) is 11.6. The number of carboxylic acids is 1. The molecule has 0 fully saturated rings. The molecular formula is C19H20N2O3. The second-order valence-electron chi connectivity index (χ2n) is 6.10. The van der Waals surface area contributed by atoms with Gasteiger partial charge in [-0.25, -0.2) is 4.79 Å². The highest BCUT2D eigenvalue weighted by Crippen LogP contribution is 2.31. The smallest absolute Gasteiger partial charge is 0.326 e. The zero-order chi connectivity index (χ0) is 16.9. The third kappa shape index (κ3) is 3.62. The van der Waals surface area contributed by atoms with Crippen LogP contribution in [0.5, 0.6) is 0 Å². The molecule has 124 valence electrons. The summed E-state index contributed by atoms with van der Waals surface area (Å²) in [5.74, 6) is -1.50. The van der Waals surface area contributed by atoms with Gasteiger partial charge in [0.1, 0.15) is 6.04 Å². The van der Waals surface area contributed by atoms with Gasteiger partial charge in [-0.1, -0.05) is 24.3 Å². The predicted molar refractivity (Wildman–Crippen MR) is 89.6 cm³/mol. The molecular weight excluding hydrogens is 304 g/mol. The van der Waals surface area contributed by atoms with Crippen molar-refractivity contribution in [2.45, 2.75) is 37.6 Å². The van der Waals surface area contributed by atoms with Crippen molar-refractivity contribution in [3.8, 4) is 0 Å². The first-order valence-corrected chi connectivity index (χ1v) is 8.15. The van der Waals surface area contributed by atoms with Crippen LogP contribution in [0.3, 0.4) is 0 Å². The second kappa shape index (κ2) is 7.25. The molecule has 2 unspecified atom stereocenters. The number of carbonyl (C=O) groups excluding carboxylic acids is 1. The van der Waals surface area contributed by atoms with E-state index < -0.39 is 12.0 Å². The number of rotatable bonds is 5. The Kier molecular flexibility index (Phi) is 4.89. The zero-order valence-electron chi connectivity index (χ0n) is 13.3. The van der Waals surface area contributed by atoms with Gasteiger partial charge in [-0.15, -0.1) is 0 Å². The largest absolute Gasteiger partial charge is 0.480 e. The number of aromatic nitrogens is 1. The molecule has 0 spiro atoms. The molecule has 5 heteroatoms. The second-order valence-corrected chi connectivity index (χ2v) is 6.10. The lowest BCUT2D eigenvalue weighted by molar-refractivity contribution is -0.142. The van der Waals surface area contributed by atoms with Gasteiger partial charge < -0.3 is 10.4 Å². The number of carboxylic acid groups (broad SMARTS) is 1. The summed E-state index contributed by atoms with van der Waals surface area (Å²) in [6.07, 6.45) is 6.15. The number of amides is 1. The number of aliphatic carboxylic acids is 1. The highest BCUT2D eigenvalue weighted by atomic mass is 16.4. The maximum absolute atomic E-state index is 12.7. The molecule has 1 heterocycles. The summed E-state index contributed by atoms with van der Waals surface area (Å²) in [5, 5.41) is 12.2. The SMILES string of the molecule is O=C(O)C(Cc1ccncc1)NC(=O)C1CCCc2ccccc21. The average molecular weight is 324 g/mol. The number of fused-ring (bicyclic) bond motifs is 1. The molecule has 0 saturated carbocycles. The zero-order valence-corrected chi connectivity index (χ0v) is 13.3. The first kappa shape index (κ1) is 16.2. The van der Waals surface area contributed by atoms with Gasteiger partial charge >= 0.3 is 5.97 Å². The van der Waals surface area contributed by atoms with E-state index in [4.69, 9.17) is 0 Å². The van der Waals surface area contributed by atoms with E-state index in [2.05, 4.69) is 10.3 Å². The van der Waals surface area contributed by atoms with E-state index in [1.54, 1.807) is 24.5 Å². The van der Waals surface area contributed by atoms with Crippen molar-refractivity contribution in [2.24, 2.45) is 0 Å². The fourth-order valence-corrected chi connectivity index (χ4v) is 3.25. The minimum absolute atomic E-state index is 0.205. The number of pyridine rings is 1. The van der Waals surface area contributed by atoms with Gasteiger partial charge in [-0.3, -0.25) is 9.78 Å². The molecule has 0 radical (unpaired) electrons. The van der Waals surface area contributed by atoms with Crippen LogP contribution >= 0.6 is 0 Å². The highest BCUT2D eigenvalue weighted by molar-refractivity contribution is 5.88. The van der Waals surface area contributed by atoms with Crippen LogP contribution in [-0.4, -0.2) is 28.0 Å². The van der Waals surface area contributed by atoms with Gasteiger partial charge in [0.2, 0.25) is 5.91 Å². The van der Waals surface area contributed by atoms with Crippen LogP contribution in [0.25, 0.3) is 0 Å². The van der Waals surface area contributed by atoms with Crippen LogP contribution in [-0.2, 0) is 22.4 Å². The van der Waals surface area contributed by atoms with Crippen molar-refractivity contribution in [3.05, 3.63) is 65.5 Å². The number of benzene rings is 1. The fraction of sp³-hybridized carbons (Fsp3) is 0.316. The van der Waals surface area contributed by atoms with Crippen LogP contribution in [0.4, 0.5) is 0 Å². The Balaban J connectivity index is 1.74. The van der Waals surface area contributed by atoms with Crippen molar-refractivity contribution >= 4 is 11.9 Å². The van der Waals surface area contributed by atoms with Gasteiger partial charge in [0.25, 0.3) is 0 Å². The average Bonchev–Trinajstić information content (AvgIpc) is 2.61. The van der Waals surface area contributed by atoms with E-state index in [0.717, 1.165) is 30.4 Å². The molecule has 2 N–H and O–H groups in total. The van der Waals surface area contributed by atoms with Gasteiger partial charge in [-0.05, 0) is 48.1 Å². The summed E-state index contributed by atoms with van der Waals surface area (Å²) >= 11 is 0. The molecule has 1 aromatic carbocycles. The summed E-state index contributed by atoms with van der Waals surface area (Å²) in [5.41, 5.74) is 3.04. The molecule has 24 heavy (non-hydrogen) atoms. The molecule has 0 aliphatic heterocycles. The van der Waals surface area contributed by atoms with Crippen LogP contribution in [0.15, 0.2) is 48.8 Å². The number of aryl methyl sites for hydroxylation is 1. The van der Waals surface area contributed by atoms with Gasteiger partial charge in [0.05, 0.1) is 5.92 Å². The Hall–Kier alpha value is -2.69. The molecule has 0 bridgehead atoms. The van der Waals surface area contributed by atoms with Crippen molar-refractivity contribution in [1.29, 1.82) is 0 Å². The monoisotopic (exact) mass is 324 g/mol. The lowest BCUT2D eigenvalue weighted by Gasteiger charge is -2.26. The summed E-state index contributed by atoms with van der Waals surface area (Å²) in [4.78, 5) is 28.1. The standard InChI is InChI=1S/C19H20N2O3/c22-18(16-7-3-5-14-4-1-2-6-15(14)16)21-17(19(23)24)12-13-8-10-20-11-9-13/h1-2,4,6,8-11,16-17H,3,5,7,12H2,(H,21,22)(H,23,24). The lowest BCUT2D eigenvalue weighted by Crippen LogP contribution is -2.44. The van der Waals surface area contributed by atoms with Crippen molar-refractivity contribution in [2.75, 3.05) is 0 Å². The van der Waals surface area contributed by atoms with Crippen molar-refractivity contribution in [3.63, 3.8) is 0 Å². The number of hydrogen-bond donors (Lipinski definition) is 2. The Morgan fingerprint density at radius 3 is 2.71 bits per heavy atom. The summed E-state index contributed by atoms with van der Waals surface area (Å²) < 4.78 is 0. The topological polar surface area (TPSA) is 79.3 Å². The van der Waals surface area contributed by atoms with Gasteiger partial charge in [-0.2, -0.15) is 0 Å². The Bertz CT molecular complexity index is 730. The predicted octanol–water partition coefficient (Wildman–Crippen LogP) is 2.31. The normalized spacial score (nSPS) is 17.6. The van der Waals surface area contributed by atoms with E-state index in [1.165, 1.54) is 5.56 Å². The maximum Gasteiger partial charge on any atom is 0.326 e. The van der Waals surface area contributed by atoms with Gasteiger partial charge in [0, 0.05) is 18.8 Å². The number of hydrogen-bond acceptors (Lipinski definition) is 3. The molecule has 0 saturated heterocycles. The molecule has 5 nitrogen and oxygen atoms in total. The van der Waals surface area contributed by atoms with E-state index in [-0.39, 0.29) is 18.2 Å². The summed E-state index contributed by atoms with van der Waals surface area (Å²) in [7, 11) is 0. The van der Waals surface area contributed by atoms with Crippen molar-refractivity contribution in [1.82, 2.24) is 10.3 Å². The summed E-state index contributed by atoms with van der Waals surface area (Å²) in [6.45, 7) is 0. The Labute approximate surface area is 140 Å². The number of carbonyl (C=O) groups is 2. The third-order valence-corrected chi connectivity index (χ3v) is 4.49. The van der Waals surface area contributed by atoms with Crippen molar-refractivity contribution < 1.29 is 14.7 Å². The van der Waals surface area contributed by atoms with Gasteiger partial charge in [0.15, 0.2) is 0 Å². The molecule has 3 rings (SSSR count). The highest BCUT2D eigenvalue weighted by Gasteiger charge is 2.29. The third-order valence-electron chi connectivity index (χ3n) is 4.49. The minimum Gasteiger partial charge on any atom is -0.480 e. The van der Waals surface area contributed by atoms with E-state index in [9.17, 15) is 14.7 Å². The minimum atomic E-state index is -1.02. The fourth-order valence-electron chi connectivity index (χ4n) is 3.25. The molecule has 2 aromatic rings. The van der Waals surface area contributed by atoms with Crippen LogP contribution < -0.4 is 5.32 Å². The van der Waals surface area contributed by atoms with E-state index in [1.807, 2.05) is 24.3 Å². The summed E-state index contributed by atoms with van der Waals surface area (Å²) in [6, 6.07) is 10.5. The molecule has 1 aromatic heterocycles. The molecule has 1 aliphatic rings. The first-order valence-electron chi connectivity index (χ1n) is 8.15. The van der Waals surface area contributed by atoms with E-state index >= 15 is 0 Å². The number of nitrogens with one attached hydrogen (secondary N) is 1. The molecule has 2 atom stereocenters. The van der Waals surface area contributed by atoms with Crippen LogP contribution in [0.2, 0.25) is 0 Å². The Morgan fingerprint density at radius 2 is 1.96 bits per heavy atom. The van der Waals surface area contributed by atoms with E-state index in [0.29, 0.717) is 0 Å². The maximum atomic E-state index is 12.7. The van der Waals surface area contributed by atoms with Crippen LogP contribution in [0, 0.1) is 0 Å². The number of nitrogens with zero attached hydrogens (tertiary/aromatic N) is 1. The quantitative estimate of drug-likeness (QED) is 0.884. The lowest BCUT2D eigenvalue weighted by atomic mass is 9.82. The molecule has 1 amide bonds. The Morgan fingerprint density at radius 1 is 1.21 bits per heavy atom. The molecule has 1 aliphatic carbocycles. The van der Waals surface area contributed by atoms with Crippen LogP contribution in [0.1, 0.15) is 35.4 Å².